The second-order valence-electron chi connectivity index (χ2n) is 10.0. The lowest BCUT2D eigenvalue weighted by Gasteiger charge is -2.36. The van der Waals surface area contributed by atoms with Crippen LogP contribution in [0.3, 0.4) is 0 Å². The lowest BCUT2D eigenvalue weighted by molar-refractivity contribution is 0.288. The van der Waals surface area contributed by atoms with Crippen molar-refractivity contribution < 1.29 is 4.39 Å². The molecular formula is C31H38ClFN4. The topological polar surface area (TPSA) is 40.0 Å². The molecule has 0 amide bonds. The fraction of sp³-hybridized carbons (Fsp3) is 0.419. The van der Waals surface area contributed by atoms with Gasteiger partial charge in [0.2, 0.25) is 0 Å². The predicted molar refractivity (Wildman–Crippen MR) is 157 cm³/mol. The van der Waals surface area contributed by atoms with E-state index < -0.39 is 5.82 Å². The van der Waals surface area contributed by atoms with Gasteiger partial charge < -0.3 is 10.2 Å². The summed E-state index contributed by atoms with van der Waals surface area (Å²) in [6.45, 7) is 10.2. The van der Waals surface area contributed by atoms with Crippen LogP contribution in [0.15, 0.2) is 58.5 Å². The highest BCUT2D eigenvalue weighted by molar-refractivity contribution is 6.33. The van der Waals surface area contributed by atoms with Crippen LogP contribution in [0.2, 0.25) is 5.02 Å². The molecule has 2 fully saturated rings. The maximum Gasteiger partial charge on any atom is 0.158 e. The highest BCUT2D eigenvalue weighted by Crippen LogP contribution is 2.37. The van der Waals surface area contributed by atoms with E-state index >= 15 is 4.39 Å². The Bertz CT molecular complexity index is 1160. The zero-order valence-electron chi connectivity index (χ0n) is 22.0. The molecule has 2 heterocycles. The summed E-state index contributed by atoms with van der Waals surface area (Å²) in [4.78, 5) is 11.5. The molecule has 0 aliphatic carbocycles. The van der Waals surface area contributed by atoms with Crippen LogP contribution >= 0.6 is 11.6 Å². The molecule has 0 aromatic heterocycles. The number of nitrogens with one attached hydrogen (secondary N) is 1. The number of halogens is 2. The number of benzene rings is 2. The highest BCUT2D eigenvalue weighted by Gasteiger charge is 2.35. The van der Waals surface area contributed by atoms with Crippen LogP contribution in [-0.2, 0) is 0 Å². The molecule has 4 nitrogen and oxygen atoms in total. The molecule has 2 saturated heterocycles. The second kappa shape index (κ2) is 13.2. The quantitative estimate of drug-likeness (QED) is 0.151. The van der Waals surface area contributed by atoms with Crippen molar-refractivity contribution >= 4 is 41.5 Å². The number of hydrogen-bond acceptors (Lipinski definition) is 3. The molecule has 196 valence electrons. The first-order chi connectivity index (χ1) is 18.0. The summed E-state index contributed by atoms with van der Waals surface area (Å²) < 4.78 is 16.0. The van der Waals surface area contributed by atoms with E-state index in [1.165, 1.54) is 12.8 Å². The Morgan fingerprint density at radius 2 is 1.89 bits per heavy atom. The maximum atomic E-state index is 16.0. The van der Waals surface area contributed by atoms with Crippen molar-refractivity contribution in [2.45, 2.75) is 64.5 Å². The molecule has 2 bridgehead atoms. The molecule has 6 heteroatoms. The van der Waals surface area contributed by atoms with Crippen molar-refractivity contribution in [1.82, 2.24) is 10.2 Å². The summed E-state index contributed by atoms with van der Waals surface area (Å²) in [7, 11) is 0. The van der Waals surface area contributed by atoms with Gasteiger partial charge in [0.1, 0.15) is 11.5 Å². The first kappa shape index (κ1) is 27.3. The van der Waals surface area contributed by atoms with Crippen LogP contribution in [0, 0.1) is 5.82 Å². The Hall–Kier alpha value is -2.76. The molecule has 37 heavy (non-hydrogen) atoms. The zero-order chi connectivity index (χ0) is 26.2. The van der Waals surface area contributed by atoms with Gasteiger partial charge in [-0.1, -0.05) is 86.3 Å². The third kappa shape index (κ3) is 6.77. The van der Waals surface area contributed by atoms with Crippen molar-refractivity contribution in [3.8, 4) is 0 Å². The van der Waals surface area contributed by atoms with Crippen molar-refractivity contribution in [3.05, 3.63) is 76.1 Å². The summed E-state index contributed by atoms with van der Waals surface area (Å²) in [5, 5.41) is 4.03. The summed E-state index contributed by atoms with van der Waals surface area (Å²) in [6.07, 6.45) is 12.6. The van der Waals surface area contributed by atoms with Crippen LogP contribution in [-0.4, -0.2) is 49.2 Å². The summed E-state index contributed by atoms with van der Waals surface area (Å²) in [5.74, 6) is 0.339. The van der Waals surface area contributed by atoms with Crippen LogP contribution in [0.1, 0.15) is 69.1 Å². The van der Waals surface area contributed by atoms with Gasteiger partial charge in [0.25, 0.3) is 0 Å². The van der Waals surface area contributed by atoms with E-state index in [1.54, 1.807) is 0 Å². The molecule has 0 spiro atoms. The minimum atomic E-state index is -0.448. The van der Waals surface area contributed by atoms with E-state index in [4.69, 9.17) is 16.6 Å². The number of piperazine rings is 1. The van der Waals surface area contributed by atoms with Crippen LogP contribution in [0.5, 0.6) is 0 Å². The molecule has 0 radical (unpaired) electrons. The number of allylic oxidation sites excluding steroid dienone is 3. The number of likely N-dealkylation sites (tertiary alicyclic amines) is 1. The molecule has 2 aromatic carbocycles. The fourth-order valence-electron chi connectivity index (χ4n) is 5.30. The van der Waals surface area contributed by atoms with Gasteiger partial charge in [-0.3, -0.25) is 9.98 Å². The van der Waals surface area contributed by atoms with Gasteiger partial charge in [-0.15, -0.1) is 0 Å². The molecule has 0 saturated carbocycles. The Morgan fingerprint density at radius 3 is 2.57 bits per heavy atom. The van der Waals surface area contributed by atoms with Gasteiger partial charge in [-0.05, 0) is 50.1 Å². The molecular weight excluding hydrogens is 483 g/mol. The van der Waals surface area contributed by atoms with Crippen LogP contribution in [0.4, 0.5) is 10.1 Å². The first-order valence-electron chi connectivity index (χ1n) is 13.5. The maximum absolute atomic E-state index is 16.0. The standard InChI is InChI=1S/C31H38ClFN4/c1-4-5-6-10-18-35-31(37-20-24-16-17-25(21-37)36-24)26-19-27(32)28(29(33)30(26)34-3)22(2)12-11-15-23-13-8-7-9-14-23/h7-9,11-15,19,24-25,36H,3-6,10,16-18,20-21H2,1-2H3/b15-11-,22-12+,35-31?. The smallest absolute Gasteiger partial charge is 0.158 e. The second-order valence-corrected chi connectivity index (χ2v) is 10.4. The average Bonchev–Trinajstić information content (AvgIpc) is 3.24. The van der Waals surface area contributed by atoms with Gasteiger partial charge in [0, 0.05) is 42.8 Å². The number of hydrogen-bond donors (Lipinski definition) is 1. The number of unbranched alkanes of at least 4 members (excludes halogenated alkanes) is 3. The van der Waals surface area contributed by atoms with E-state index in [-0.39, 0.29) is 5.69 Å². The minimum Gasteiger partial charge on any atom is -0.353 e. The Kier molecular flexibility index (Phi) is 9.70. The molecule has 2 atom stereocenters. The van der Waals surface area contributed by atoms with E-state index in [2.05, 4.69) is 28.9 Å². The molecule has 1 N–H and O–H groups in total. The number of aliphatic imine (C=N–C) groups is 2. The van der Waals surface area contributed by atoms with Gasteiger partial charge in [0.15, 0.2) is 5.82 Å². The van der Waals surface area contributed by atoms with Gasteiger partial charge >= 0.3 is 0 Å². The highest BCUT2D eigenvalue weighted by atomic mass is 35.5. The first-order valence-corrected chi connectivity index (χ1v) is 13.8. The van der Waals surface area contributed by atoms with Gasteiger partial charge in [0.05, 0.1) is 5.02 Å². The number of rotatable bonds is 10. The largest absolute Gasteiger partial charge is 0.353 e. The third-order valence-corrected chi connectivity index (χ3v) is 7.51. The van der Waals surface area contributed by atoms with Crippen molar-refractivity contribution in [2.24, 2.45) is 9.98 Å². The SMILES string of the molecule is C=Nc1c(C(=NCCCCCC)N2CC3CCC(C2)N3)cc(Cl)c(/C(C)=C/C=C\c2ccccc2)c1F. The van der Waals surface area contributed by atoms with Crippen molar-refractivity contribution in [2.75, 3.05) is 19.6 Å². The molecule has 2 unspecified atom stereocenters. The number of fused-ring (bicyclic) bond motifs is 2. The average molecular weight is 521 g/mol. The molecule has 2 aliphatic heterocycles. The monoisotopic (exact) mass is 520 g/mol. The third-order valence-electron chi connectivity index (χ3n) is 7.21. The van der Waals surface area contributed by atoms with Crippen LogP contribution < -0.4 is 5.32 Å². The zero-order valence-corrected chi connectivity index (χ0v) is 22.8. The molecule has 2 aromatic rings. The Labute approximate surface area is 226 Å². The lowest BCUT2D eigenvalue weighted by Crippen LogP contribution is -2.53. The van der Waals surface area contributed by atoms with Crippen LogP contribution in [0.25, 0.3) is 11.6 Å². The van der Waals surface area contributed by atoms with E-state index in [1.807, 2.05) is 61.5 Å². The van der Waals surface area contributed by atoms with Crippen molar-refractivity contribution in [3.63, 3.8) is 0 Å². The predicted octanol–water partition coefficient (Wildman–Crippen LogP) is 7.69. The summed E-state index contributed by atoms with van der Waals surface area (Å²) in [5.41, 5.74) is 3.01. The van der Waals surface area contributed by atoms with E-state index in [9.17, 15) is 0 Å². The normalized spacial score (nSPS) is 20.2. The summed E-state index contributed by atoms with van der Waals surface area (Å²) in [6, 6.07) is 12.7. The van der Waals surface area contributed by atoms with Gasteiger partial charge in [-0.2, -0.15) is 0 Å². The Morgan fingerprint density at radius 1 is 1.16 bits per heavy atom. The number of amidine groups is 1. The van der Waals surface area contributed by atoms with Gasteiger partial charge in [-0.25, -0.2) is 4.39 Å². The number of nitrogens with zero attached hydrogens (tertiary/aromatic N) is 3. The van der Waals surface area contributed by atoms with Crippen molar-refractivity contribution in [1.29, 1.82) is 0 Å². The molecule has 2 aliphatic rings. The molecule has 4 rings (SSSR count). The minimum absolute atomic E-state index is 0.220. The summed E-state index contributed by atoms with van der Waals surface area (Å²) >= 11 is 6.76. The lowest BCUT2D eigenvalue weighted by atomic mass is 10.00. The Balaban J connectivity index is 1.67. The van der Waals surface area contributed by atoms with E-state index in [0.29, 0.717) is 34.8 Å². The van der Waals surface area contributed by atoms with E-state index in [0.717, 1.165) is 55.7 Å². The fourth-order valence-corrected chi connectivity index (χ4v) is 5.64.